The molecule has 9 heteroatoms. The zero-order valence-electron chi connectivity index (χ0n) is 14.9. The number of halogens is 5. The highest BCUT2D eigenvalue weighted by atomic mass is 35.5. The number of alkyl halides is 3. The third-order valence-electron chi connectivity index (χ3n) is 5.43. The molecular formula is C18H26Cl2F3N3O. The molecule has 2 aliphatic heterocycles. The van der Waals surface area contributed by atoms with E-state index in [0.717, 1.165) is 32.4 Å². The minimum atomic E-state index is -4.44. The number of likely N-dealkylation sites (tertiary alicyclic amines) is 1. The summed E-state index contributed by atoms with van der Waals surface area (Å²) in [7, 11) is 0. The molecule has 1 aromatic rings. The van der Waals surface area contributed by atoms with Crippen molar-refractivity contribution in [3.05, 3.63) is 35.9 Å². The first-order valence-corrected chi connectivity index (χ1v) is 8.73. The second-order valence-corrected chi connectivity index (χ2v) is 7.07. The quantitative estimate of drug-likeness (QED) is 0.774. The minimum absolute atomic E-state index is 0. The van der Waals surface area contributed by atoms with Crippen LogP contribution in [-0.2, 0) is 4.79 Å². The van der Waals surface area contributed by atoms with Crippen LogP contribution in [0.4, 0.5) is 13.2 Å². The van der Waals surface area contributed by atoms with Gasteiger partial charge >= 0.3 is 6.18 Å². The van der Waals surface area contributed by atoms with Crippen LogP contribution in [0.2, 0.25) is 0 Å². The topological polar surface area (TPSA) is 44.4 Å². The van der Waals surface area contributed by atoms with E-state index in [2.05, 4.69) is 10.6 Å². The third-order valence-corrected chi connectivity index (χ3v) is 5.43. The van der Waals surface area contributed by atoms with Crippen LogP contribution in [0.25, 0.3) is 0 Å². The molecule has 3 rings (SSSR count). The highest BCUT2D eigenvalue weighted by molar-refractivity contribution is 5.85. The molecule has 0 saturated carbocycles. The van der Waals surface area contributed by atoms with E-state index in [1.807, 2.05) is 0 Å². The predicted octanol–water partition coefficient (Wildman–Crippen LogP) is 3.33. The summed E-state index contributed by atoms with van der Waals surface area (Å²) >= 11 is 0. The van der Waals surface area contributed by atoms with Crippen LogP contribution in [-0.4, -0.2) is 49.7 Å². The van der Waals surface area contributed by atoms with Gasteiger partial charge in [0.1, 0.15) is 6.04 Å². The monoisotopic (exact) mass is 427 g/mol. The van der Waals surface area contributed by atoms with Crippen molar-refractivity contribution in [2.45, 2.75) is 31.5 Å². The summed E-state index contributed by atoms with van der Waals surface area (Å²) in [6.45, 7) is 2.95. The Morgan fingerprint density at radius 1 is 1.15 bits per heavy atom. The second kappa shape index (κ2) is 9.96. The summed E-state index contributed by atoms with van der Waals surface area (Å²) in [6.07, 6.45) is -1.47. The van der Waals surface area contributed by atoms with Gasteiger partial charge in [0.15, 0.2) is 0 Å². The Balaban J connectivity index is 0.00000182. The average molecular weight is 428 g/mol. The van der Waals surface area contributed by atoms with Crippen molar-refractivity contribution in [1.82, 2.24) is 15.5 Å². The lowest BCUT2D eigenvalue weighted by atomic mass is 9.78. The van der Waals surface area contributed by atoms with Gasteiger partial charge in [0, 0.05) is 19.6 Å². The molecule has 2 saturated heterocycles. The molecule has 154 valence electrons. The van der Waals surface area contributed by atoms with Gasteiger partial charge in [0.25, 0.3) is 0 Å². The van der Waals surface area contributed by atoms with E-state index in [1.54, 1.807) is 23.1 Å². The fourth-order valence-corrected chi connectivity index (χ4v) is 3.82. The van der Waals surface area contributed by atoms with E-state index >= 15 is 0 Å². The minimum Gasteiger partial charge on any atom is -0.342 e. The van der Waals surface area contributed by atoms with Crippen molar-refractivity contribution in [2.24, 2.45) is 5.41 Å². The Bertz CT molecular complexity index is 585. The van der Waals surface area contributed by atoms with Crippen molar-refractivity contribution in [3.8, 4) is 0 Å². The fraction of sp³-hybridized carbons (Fsp3) is 0.611. The van der Waals surface area contributed by atoms with Crippen molar-refractivity contribution in [1.29, 1.82) is 0 Å². The van der Waals surface area contributed by atoms with E-state index in [1.165, 1.54) is 12.1 Å². The summed E-state index contributed by atoms with van der Waals surface area (Å²) in [5.41, 5.74) is 0.403. The number of carbonyl (C=O) groups excluding carboxylic acids is 1. The van der Waals surface area contributed by atoms with Gasteiger partial charge in [-0.1, -0.05) is 30.3 Å². The number of hydrogen-bond donors (Lipinski definition) is 2. The first-order valence-electron chi connectivity index (χ1n) is 8.73. The van der Waals surface area contributed by atoms with Gasteiger partial charge in [-0.15, -0.1) is 24.8 Å². The predicted molar refractivity (Wildman–Crippen MR) is 103 cm³/mol. The normalized spacial score (nSPS) is 19.9. The Hall–Kier alpha value is -1.02. The number of piperidine rings is 1. The second-order valence-electron chi connectivity index (χ2n) is 7.07. The summed E-state index contributed by atoms with van der Waals surface area (Å²) in [6, 6.07) is 5.83. The maximum Gasteiger partial charge on any atom is 0.407 e. The van der Waals surface area contributed by atoms with Gasteiger partial charge in [-0.2, -0.15) is 13.2 Å². The molecule has 0 aliphatic carbocycles. The lowest BCUT2D eigenvalue weighted by molar-refractivity contribution is -0.159. The molecule has 2 heterocycles. The molecule has 1 atom stereocenters. The molecule has 1 unspecified atom stereocenters. The molecular weight excluding hydrogens is 402 g/mol. The number of nitrogens with zero attached hydrogens (tertiary/aromatic N) is 1. The zero-order valence-corrected chi connectivity index (χ0v) is 16.6. The SMILES string of the molecule is Cl.Cl.O=C(CNC(c1ccccc1)C(F)(F)F)N1CCC2(CCNC2)CC1. The van der Waals surface area contributed by atoms with Crippen molar-refractivity contribution in [2.75, 3.05) is 32.7 Å². The molecule has 0 radical (unpaired) electrons. The van der Waals surface area contributed by atoms with Crippen LogP contribution >= 0.6 is 24.8 Å². The van der Waals surface area contributed by atoms with Crippen LogP contribution in [0.3, 0.4) is 0 Å². The smallest absolute Gasteiger partial charge is 0.342 e. The van der Waals surface area contributed by atoms with Crippen LogP contribution in [0.15, 0.2) is 30.3 Å². The van der Waals surface area contributed by atoms with Crippen LogP contribution < -0.4 is 10.6 Å². The largest absolute Gasteiger partial charge is 0.407 e. The van der Waals surface area contributed by atoms with Crippen LogP contribution in [0.1, 0.15) is 30.9 Å². The molecule has 2 aliphatic rings. The number of amides is 1. The highest BCUT2D eigenvalue weighted by Crippen LogP contribution is 2.37. The van der Waals surface area contributed by atoms with Gasteiger partial charge in [-0.3, -0.25) is 10.1 Å². The number of benzene rings is 1. The fourth-order valence-electron chi connectivity index (χ4n) is 3.82. The summed E-state index contributed by atoms with van der Waals surface area (Å²) < 4.78 is 39.9. The number of carbonyl (C=O) groups is 1. The molecule has 1 aromatic carbocycles. The first kappa shape index (κ1) is 24.0. The van der Waals surface area contributed by atoms with E-state index < -0.39 is 12.2 Å². The van der Waals surface area contributed by atoms with E-state index in [9.17, 15) is 18.0 Å². The van der Waals surface area contributed by atoms with Gasteiger partial charge in [0.2, 0.25) is 5.91 Å². The maximum absolute atomic E-state index is 13.3. The van der Waals surface area contributed by atoms with Crippen LogP contribution in [0, 0.1) is 5.41 Å². The van der Waals surface area contributed by atoms with E-state index in [0.29, 0.717) is 13.1 Å². The highest BCUT2D eigenvalue weighted by Gasteiger charge is 2.41. The van der Waals surface area contributed by atoms with Gasteiger partial charge < -0.3 is 10.2 Å². The number of hydrogen-bond acceptors (Lipinski definition) is 3. The Kier molecular flexibility index (Phi) is 8.86. The molecule has 4 nitrogen and oxygen atoms in total. The summed E-state index contributed by atoms with van der Waals surface area (Å²) in [5, 5.41) is 5.77. The van der Waals surface area contributed by atoms with Crippen LogP contribution in [0.5, 0.6) is 0 Å². The molecule has 1 amide bonds. The van der Waals surface area contributed by atoms with Crippen molar-refractivity contribution >= 4 is 30.7 Å². The standard InChI is InChI=1S/C18H24F3N3O.2ClH/c19-18(20,21)16(14-4-2-1-3-5-14)23-12-15(25)24-10-7-17(8-11-24)6-9-22-13-17;;/h1-5,16,22-23H,6-13H2;2*1H. The number of rotatable bonds is 4. The van der Waals surface area contributed by atoms with Gasteiger partial charge in [-0.25, -0.2) is 0 Å². The molecule has 2 fully saturated rings. The average Bonchev–Trinajstić information content (AvgIpc) is 3.03. The van der Waals surface area contributed by atoms with Gasteiger partial charge in [-0.05, 0) is 36.8 Å². The Morgan fingerprint density at radius 3 is 2.30 bits per heavy atom. The lowest BCUT2D eigenvalue weighted by Gasteiger charge is -2.39. The third kappa shape index (κ3) is 5.98. The maximum atomic E-state index is 13.3. The van der Waals surface area contributed by atoms with Crippen molar-refractivity contribution < 1.29 is 18.0 Å². The van der Waals surface area contributed by atoms with E-state index in [4.69, 9.17) is 0 Å². The zero-order chi connectivity index (χ0) is 17.9. The summed E-state index contributed by atoms with van der Waals surface area (Å²) in [5.74, 6) is -0.258. The molecule has 0 bridgehead atoms. The Morgan fingerprint density at radius 2 is 1.78 bits per heavy atom. The summed E-state index contributed by atoms with van der Waals surface area (Å²) in [4.78, 5) is 14.0. The molecule has 2 N–H and O–H groups in total. The molecule has 1 spiro atoms. The lowest BCUT2D eigenvalue weighted by Crippen LogP contribution is -2.48. The Labute approximate surface area is 170 Å². The van der Waals surface area contributed by atoms with E-state index in [-0.39, 0.29) is 48.2 Å². The molecule has 27 heavy (non-hydrogen) atoms. The molecule has 0 aromatic heterocycles. The first-order chi connectivity index (χ1) is 11.9. The number of nitrogens with one attached hydrogen (secondary N) is 2. The van der Waals surface area contributed by atoms with Crippen molar-refractivity contribution in [3.63, 3.8) is 0 Å². The van der Waals surface area contributed by atoms with Gasteiger partial charge in [0.05, 0.1) is 6.54 Å².